The van der Waals surface area contributed by atoms with Crippen LogP contribution >= 0.6 is 0 Å². The Morgan fingerprint density at radius 2 is 1.05 bits per heavy atom. The van der Waals surface area contributed by atoms with E-state index in [0.29, 0.717) is 32.1 Å². The van der Waals surface area contributed by atoms with E-state index < -0.39 is 89.1 Å². The first-order valence-electron chi connectivity index (χ1n) is 27.8. The summed E-state index contributed by atoms with van der Waals surface area (Å²) >= 11 is 0. The molecular weight excluding hydrogens is 1010 g/mol. The number of methoxy groups -OCH3 is 1. The molecule has 6 rings (SSSR count). The summed E-state index contributed by atoms with van der Waals surface area (Å²) in [7, 11) is 0.850. The largest absolute Gasteiger partial charge is 0.460 e. The van der Waals surface area contributed by atoms with Gasteiger partial charge in [-0.15, -0.1) is 0 Å². The maximum Gasteiger partial charge on any atom is 0.432 e. The summed E-state index contributed by atoms with van der Waals surface area (Å²) in [6, 6.07) is 6.76. The minimum Gasteiger partial charge on any atom is -0.460 e. The zero-order chi connectivity index (χ0) is 57.1. The van der Waals surface area contributed by atoms with Crippen molar-refractivity contribution < 1.29 is 74.9 Å². The Morgan fingerprint density at radius 3 is 1.58 bits per heavy atom. The number of cyclic esters (lactones) is 1. The van der Waals surface area contributed by atoms with E-state index >= 15 is 13.2 Å². The molecule has 0 saturated carbocycles. The van der Waals surface area contributed by atoms with Crippen LogP contribution in [0.25, 0.3) is 0 Å². The molecule has 13 atom stereocenters. The van der Waals surface area contributed by atoms with Gasteiger partial charge in [-0.05, 0) is 67.7 Å². The van der Waals surface area contributed by atoms with Gasteiger partial charge in [-0.3, -0.25) is 0 Å². The Hall–Kier alpha value is -4.23. The Morgan fingerprint density at radius 1 is 0.590 bits per heavy atom. The third-order valence-electron chi connectivity index (χ3n) is 14.6. The van der Waals surface area contributed by atoms with Gasteiger partial charge in [-0.1, -0.05) is 137 Å². The monoisotopic (exact) mass is 1100 g/mol. The number of hydrogen-bond donors (Lipinski definition) is 0. The van der Waals surface area contributed by atoms with Gasteiger partial charge in [0.05, 0.1) is 48.8 Å². The van der Waals surface area contributed by atoms with Crippen LogP contribution in [-0.4, -0.2) is 109 Å². The zero-order valence-corrected chi connectivity index (χ0v) is 48.1. The Kier molecular flexibility index (Phi) is 21.8. The minimum atomic E-state index is -5.20. The first-order valence-corrected chi connectivity index (χ1v) is 27.8. The molecule has 0 aliphatic carbocycles. The van der Waals surface area contributed by atoms with Crippen LogP contribution in [0.3, 0.4) is 0 Å². The van der Waals surface area contributed by atoms with Crippen LogP contribution in [0.5, 0.6) is 0 Å². The molecule has 4 saturated heterocycles. The van der Waals surface area contributed by atoms with E-state index in [9.17, 15) is 9.59 Å². The average Bonchev–Trinajstić information content (AvgIpc) is 3.46. The molecule has 1 aromatic rings. The molecule has 0 unspecified atom stereocenters. The van der Waals surface area contributed by atoms with Crippen LogP contribution in [0.1, 0.15) is 140 Å². The van der Waals surface area contributed by atoms with E-state index in [2.05, 4.69) is 13.0 Å². The highest BCUT2D eigenvalue weighted by molar-refractivity contribution is 5.83. The summed E-state index contributed by atoms with van der Waals surface area (Å²) in [4.78, 5) is 27.5. The summed E-state index contributed by atoms with van der Waals surface area (Å²) in [5.74, 6) is -6.37. The van der Waals surface area contributed by atoms with E-state index in [4.69, 9.17) is 52.1 Å². The number of carbonyl (C=O) groups is 2. The fourth-order valence-electron chi connectivity index (χ4n) is 11.5. The second-order valence-corrected chi connectivity index (χ2v) is 23.5. The first kappa shape index (κ1) is 63.0. The number of rotatable bonds is 5. The van der Waals surface area contributed by atoms with Crippen molar-refractivity contribution in [1.82, 2.24) is 0 Å². The number of carbonyl (C=O) groups excluding carboxylic acids is 2. The molecule has 0 amide bonds. The fourth-order valence-corrected chi connectivity index (χ4v) is 11.5. The number of ether oxygens (including phenoxy) is 11. The quantitative estimate of drug-likeness (QED) is 0.205. The predicted molar refractivity (Wildman–Crippen MR) is 290 cm³/mol. The normalized spacial score (nSPS) is 37.0. The molecular formula is C62H87F3O13. The summed E-state index contributed by atoms with van der Waals surface area (Å²) in [5.41, 5.74) is -3.86. The van der Waals surface area contributed by atoms with E-state index in [1.807, 2.05) is 109 Å². The molecule has 16 heteroatoms. The van der Waals surface area contributed by atoms with E-state index in [1.165, 1.54) is 30.3 Å². The number of hydrogen-bond acceptors (Lipinski definition) is 13. The fraction of sp³-hybridized carbons (Fsp3) is 0.645. The van der Waals surface area contributed by atoms with Gasteiger partial charge in [-0.25, -0.2) is 9.59 Å². The second-order valence-electron chi connectivity index (χ2n) is 23.5. The molecule has 4 fully saturated rings. The molecule has 13 nitrogen and oxygen atoms in total. The van der Waals surface area contributed by atoms with E-state index in [0.717, 1.165) is 7.11 Å². The number of benzene rings is 1. The lowest BCUT2D eigenvalue weighted by Gasteiger charge is -2.48. The highest BCUT2D eigenvalue weighted by Gasteiger charge is 2.64. The lowest BCUT2D eigenvalue weighted by atomic mass is 9.87. The Labute approximate surface area is 461 Å². The van der Waals surface area contributed by atoms with Gasteiger partial charge in [-0.2, -0.15) is 13.2 Å². The standard InChI is InChI=1S/C62H87F3O13/c1-41(2)55-42(3)32-33-45-34-47(72-57(5,6)71-45)35-46(69-56(67)61(68-13,62(63,64)65)44-28-24-23-25-29-44)36-48-37-49(74-58(7,8)73-48)38-50-39-51(76-59(9,10)75-50)40-53-43(4)52(77-60(11,12)78-53)30-26-21-19-17-15-14-16-18-20-22-27-31-54(66)70-55/h14-29,31-33,41-43,45-53,55H,30,34-40H2,1-13H3/b15-14+,18-16+,19-17+,22-20+,26-21+,31-27+,33-32+/t42-,43-,45-,46-,47-,48+,49-,50+,51+,52-,53+,55-,61+/m0/s1. The van der Waals surface area contributed by atoms with E-state index in [1.54, 1.807) is 45.9 Å². The number of alkyl halides is 3. The number of fused-ring (bicyclic) bond motifs is 8. The molecule has 1 aromatic carbocycles. The van der Waals surface area contributed by atoms with Crippen molar-refractivity contribution >= 4 is 11.9 Å². The van der Waals surface area contributed by atoms with Crippen LogP contribution in [0.2, 0.25) is 0 Å². The van der Waals surface area contributed by atoms with Crippen LogP contribution in [-0.2, 0) is 67.3 Å². The number of halogens is 3. The Balaban J connectivity index is 1.31. The zero-order valence-electron chi connectivity index (χ0n) is 48.1. The summed E-state index contributed by atoms with van der Waals surface area (Å²) in [6.07, 6.45) is 19.0. The van der Waals surface area contributed by atoms with Crippen molar-refractivity contribution in [3.63, 3.8) is 0 Å². The maximum absolute atomic E-state index is 15.4. The van der Waals surface area contributed by atoms with Gasteiger partial charge in [0, 0.05) is 75.5 Å². The van der Waals surface area contributed by atoms with Gasteiger partial charge in [0.1, 0.15) is 12.2 Å². The molecule has 0 aromatic heterocycles. The average molecular weight is 1100 g/mol. The molecule has 78 heavy (non-hydrogen) atoms. The van der Waals surface area contributed by atoms with Gasteiger partial charge in [0.25, 0.3) is 5.60 Å². The highest BCUT2D eigenvalue weighted by atomic mass is 19.4. The molecule has 434 valence electrons. The molecule has 0 N–H and O–H groups in total. The maximum atomic E-state index is 15.4. The van der Waals surface area contributed by atoms with E-state index in [-0.39, 0.29) is 61.4 Å². The summed E-state index contributed by atoms with van der Waals surface area (Å²) < 4.78 is 116. The Bertz CT molecular complexity index is 2310. The third-order valence-corrected chi connectivity index (χ3v) is 14.6. The lowest BCUT2D eigenvalue weighted by Crippen LogP contribution is -2.54. The smallest absolute Gasteiger partial charge is 0.432 e. The molecule has 5 aliphatic heterocycles. The van der Waals surface area contributed by atoms with Crippen molar-refractivity contribution in [2.24, 2.45) is 17.8 Å². The van der Waals surface area contributed by atoms with Crippen molar-refractivity contribution in [1.29, 1.82) is 0 Å². The van der Waals surface area contributed by atoms with Crippen molar-refractivity contribution in [3.8, 4) is 0 Å². The molecule has 0 radical (unpaired) electrons. The molecule has 5 heterocycles. The summed E-state index contributed by atoms with van der Waals surface area (Å²) in [6.45, 7) is 22.8. The first-order chi connectivity index (χ1) is 36.6. The third kappa shape index (κ3) is 18.1. The van der Waals surface area contributed by atoms with Gasteiger partial charge in [0.15, 0.2) is 23.1 Å². The van der Waals surface area contributed by atoms with Crippen molar-refractivity contribution in [2.45, 2.75) is 230 Å². The topological polar surface area (TPSA) is 136 Å². The van der Waals surface area contributed by atoms with Crippen molar-refractivity contribution in [3.05, 3.63) is 121 Å². The second kappa shape index (κ2) is 27.0. The SMILES string of the molecule is CO[C@@](C(=O)O[C@@H]1C[C@@H]2C[C@@H](C[C@@H]3C[C@H](C[C@H]4OC(C)(C)O[C@@H](C/C=C/C=C/C=C/C=C/C=C/C=C/C(=O)O[C@@H](C(C)C)[C@@H](C)/C=C/[C@H]5C[C@@H](C1)OC(C)(C)O5)[C@@H]4C)OC(C)(C)O3)OC(C)(C)O2)(c1ccccc1)C(F)(F)F. The number of esters is 2. The van der Waals surface area contributed by atoms with Crippen LogP contribution < -0.4 is 0 Å². The molecule has 5 aliphatic rings. The van der Waals surface area contributed by atoms with Crippen molar-refractivity contribution in [2.75, 3.05) is 7.11 Å². The van der Waals surface area contributed by atoms with Gasteiger partial charge >= 0.3 is 18.1 Å². The van der Waals surface area contributed by atoms with Crippen LogP contribution in [0.15, 0.2) is 115 Å². The highest BCUT2D eigenvalue weighted by Crippen LogP contribution is 2.45. The van der Waals surface area contributed by atoms with Crippen LogP contribution in [0.4, 0.5) is 13.2 Å². The lowest BCUT2D eigenvalue weighted by molar-refractivity contribution is -0.342. The van der Waals surface area contributed by atoms with Crippen LogP contribution in [0, 0.1) is 17.8 Å². The predicted octanol–water partition coefficient (Wildman–Crippen LogP) is 13.0. The summed E-state index contributed by atoms with van der Waals surface area (Å²) in [5, 5.41) is 0. The number of allylic oxidation sites excluding steroid dienone is 10. The minimum absolute atomic E-state index is 0.00371. The molecule has 0 spiro atoms. The molecule has 8 bridgehead atoms. The van der Waals surface area contributed by atoms with Gasteiger partial charge in [0.2, 0.25) is 0 Å². The van der Waals surface area contributed by atoms with Gasteiger partial charge < -0.3 is 52.1 Å².